The van der Waals surface area contributed by atoms with E-state index in [2.05, 4.69) is 26.8 Å². The van der Waals surface area contributed by atoms with Crippen LogP contribution in [0.2, 0.25) is 3.43 Å². The van der Waals surface area contributed by atoms with Gasteiger partial charge in [-0.2, -0.15) is 0 Å². The molecule has 0 atom stereocenters. The van der Waals surface area contributed by atoms with Gasteiger partial charge in [-0.05, 0) is 0 Å². The van der Waals surface area contributed by atoms with Gasteiger partial charge >= 0.3 is 225 Å². The van der Waals surface area contributed by atoms with Crippen LogP contribution in [0.3, 0.4) is 0 Å². The van der Waals surface area contributed by atoms with Crippen molar-refractivity contribution in [3.8, 4) is 0 Å². The molecule has 1 heterocycles. The summed E-state index contributed by atoms with van der Waals surface area (Å²) in [6.07, 6.45) is 9.46. The van der Waals surface area contributed by atoms with Gasteiger partial charge in [-0.1, -0.05) is 0 Å². The maximum absolute atomic E-state index is 13.1. The van der Waals surface area contributed by atoms with E-state index in [9.17, 15) is 9.59 Å². The molecule has 1 aromatic rings. The van der Waals surface area contributed by atoms with Crippen LogP contribution in [-0.4, -0.2) is 49.5 Å². The molecule has 1 rings (SSSR count). The fourth-order valence-corrected chi connectivity index (χ4v) is 9.01. The van der Waals surface area contributed by atoms with Crippen LogP contribution in [0, 0.1) is 0 Å². The molecule has 0 saturated heterocycles. The molecule has 0 aliphatic rings. The quantitative estimate of drug-likeness (QED) is 0.231. The van der Waals surface area contributed by atoms with E-state index in [0.717, 1.165) is 8.61 Å². The maximum atomic E-state index is 13.1. The number of ether oxygens (including phenoxy) is 2. The van der Waals surface area contributed by atoms with Gasteiger partial charge in [-0.25, -0.2) is 0 Å². The number of amides is 2. The van der Waals surface area contributed by atoms with Crippen molar-refractivity contribution in [3.63, 3.8) is 0 Å². The number of aromatic nitrogens is 1. The van der Waals surface area contributed by atoms with Gasteiger partial charge in [0.15, 0.2) is 0 Å². The van der Waals surface area contributed by atoms with E-state index in [4.69, 9.17) is 14.5 Å². The third-order valence-corrected chi connectivity index (χ3v) is 10.7. The van der Waals surface area contributed by atoms with Crippen LogP contribution in [-0.2, 0) is 9.47 Å². The molecule has 2 amide bonds. The first-order valence-corrected chi connectivity index (χ1v) is 16.1. The van der Waals surface area contributed by atoms with Crippen molar-refractivity contribution in [2.45, 2.75) is 135 Å². The first-order valence-electron chi connectivity index (χ1n) is 13.3. The average Bonchev–Trinajstić information content (AvgIpc) is 2.72. The minimum absolute atomic E-state index is 0.280. The predicted octanol–water partition coefficient (Wildman–Crippen LogP) is 7.82. The van der Waals surface area contributed by atoms with E-state index in [1.54, 1.807) is 47.6 Å². The number of carbonyl (C=O) groups excluding carboxylic acids is 2. The summed E-state index contributed by atoms with van der Waals surface area (Å²) in [6.45, 7) is 17.4. The van der Waals surface area contributed by atoms with Crippen LogP contribution < -0.4 is 8.61 Å². The van der Waals surface area contributed by atoms with Crippen molar-refractivity contribution in [1.29, 1.82) is 0 Å². The Morgan fingerprint density at radius 1 is 0.800 bits per heavy atom. The van der Waals surface area contributed by atoms with Crippen LogP contribution in [0.1, 0.15) is 120 Å². The molecule has 198 valence electrons. The Morgan fingerprint density at radius 2 is 1.23 bits per heavy atom. The van der Waals surface area contributed by atoms with Crippen molar-refractivity contribution < 1.29 is 19.1 Å². The van der Waals surface area contributed by atoms with E-state index >= 15 is 0 Å². The Hall–Kier alpha value is -1.31. The standard InChI is InChI=1S/C15H21N2O4.C13H27.Sn/c1-14(2,3)20-12(18)17(11-9-7-8-10-16-11)13(19)21-15(4,5)6;1-4-7-10-13(11-8-5-2)12-9-6-3;/h7-9H,1-6H3;4-12H2,1-3H3;. The molecule has 0 aromatic carbocycles. The van der Waals surface area contributed by atoms with Crippen LogP contribution in [0.4, 0.5) is 15.4 Å². The summed E-state index contributed by atoms with van der Waals surface area (Å²) in [4.78, 5) is 32.0. The summed E-state index contributed by atoms with van der Waals surface area (Å²) in [7, 11) is 0. The van der Waals surface area contributed by atoms with Crippen LogP contribution >= 0.6 is 0 Å². The molecule has 0 N–H and O–H groups in total. The van der Waals surface area contributed by atoms with E-state index in [1.807, 2.05) is 6.07 Å². The first kappa shape index (κ1) is 31.7. The number of pyridine rings is 1. The number of rotatable bonds is 12. The number of imide groups is 1. The summed E-state index contributed by atoms with van der Waals surface area (Å²) in [5.74, 6) is 0.280. The Balaban J connectivity index is 3.39. The Bertz CT molecular complexity index is 749. The zero-order valence-corrected chi connectivity index (χ0v) is 26.5. The first-order chi connectivity index (χ1) is 16.3. The number of anilines is 1. The van der Waals surface area contributed by atoms with Gasteiger partial charge in [0.2, 0.25) is 0 Å². The van der Waals surface area contributed by atoms with E-state index in [1.165, 1.54) is 57.8 Å². The predicted molar refractivity (Wildman–Crippen MR) is 146 cm³/mol. The molecule has 0 unspecified atom stereocenters. The number of hydrogen-bond donors (Lipinski definition) is 0. The Morgan fingerprint density at radius 3 is 1.60 bits per heavy atom. The van der Waals surface area contributed by atoms with Gasteiger partial charge in [-0.3, -0.25) is 0 Å². The third kappa shape index (κ3) is 12.0. The molecule has 0 fully saturated rings. The van der Waals surface area contributed by atoms with E-state index in [-0.39, 0.29) is 5.82 Å². The molecule has 0 bridgehead atoms. The number of hydrogen-bond acceptors (Lipinski definition) is 5. The van der Waals surface area contributed by atoms with Gasteiger partial charge in [-0.15, -0.1) is 0 Å². The monoisotopic (exact) mass is 596 g/mol. The molecule has 0 saturated carbocycles. The fraction of sp³-hybridized carbons (Fsp3) is 0.750. The molecule has 0 aliphatic carbocycles. The number of carbonyl (C=O) groups is 2. The van der Waals surface area contributed by atoms with Gasteiger partial charge < -0.3 is 0 Å². The van der Waals surface area contributed by atoms with Crippen LogP contribution in [0.5, 0.6) is 0 Å². The summed E-state index contributed by atoms with van der Waals surface area (Å²) >= 11 is -1.14. The van der Waals surface area contributed by atoms with Crippen LogP contribution in [0.25, 0.3) is 0 Å². The van der Waals surface area contributed by atoms with Crippen molar-refractivity contribution in [2.75, 3.05) is 4.90 Å². The zero-order chi connectivity index (χ0) is 26.7. The topological polar surface area (TPSA) is 68.7 Å². The molecular weight excluding hydrogens is 547 g/mol. The second-order valence-corrected chi connectivity index (χ2v) is 16.6. The van der Waals surface area contributed by atoms with Crippen molar-refractivity contribution in [2.24, 2.45) is 0 Å². The number of nitrogens with zero attached hydrogens (tertiary/aromatic N) is 2. The summed E-state index contributed by atoms with van der Waals surface area (Å²) in [5.41, 5.74) is -1.50. The third-order valence-electron chi connectivity index (χ3n) is 5.54. The summed E-state index contributed by atoms with van der Waals surface area (Å²) in [5, 5.41) is 0. The molecule has 7 heteroatoms. The second kappa shape index (κ2) is 14.4. The molecule has 2 radical (unpaired) electrons. The van der Waals surface area contributed by atoms with Crippen molar-refractivity contribution in [1.82, 2.24) is 4.98 Å². The molecule has 1 aromatic heterocycles. The molecular formula is C28H48N2O4Sn. The van der Waals surface area contributed by atoms with Gasteiger partial charge in [0.25, 0.3) is 0 Å². The van der Waals surface area contributed by atoms with Crippen molar-refractivity contribution in [3.05, 3.63) is 18.2 Å². The zero-order valence-electron chi connectivity index (χ0n) is 23.6. The number of unbranched alkanes of at least 4 members (excludes halogenated alkanes) is 3. The van der Waals surface area contributed by atoms with Gasteiger partial charge in [0, 0.05) is 0 Å². The Labute approximate surface area is 224 Å². The summed E-state index contributed by atoms with van der Waals surface area (Å²) < 4.78 is 12.5. The van der Waals surface area contributed by atoms with Gasteiger partial charge in [0.1, 0.15) is 0 Å². The van der Waals surface area contributed by atoms with Crippen LogP contribution in [0.15, 0.2) is 18.2 Å². The normalized spacial score (nSPS) is 12.4. The van der Waals surface area contributed by atoms with E-state index in [0.29, 0.717) is 3.43 Å². The van der Waals surface area contributed by atoms with E-state index < -0.39 is 44.5 Å². The van der Waals surface area contributed by atoms with Crippen molar-refractivity contribution >= 4 is 42.9 Å². The molecule has 0 aliphatic heterocycles. The summed E-state index contributed by atoms with van der Waals surface area (Å²) in [6, 6.07) is 5.68. The molecule has 6 nitrogen and oxygen atoms in total. The molecule has 0 spiro atoms. The Kier molecular flexibility index (Phi) is 13.1. The fourth-order valence-electron chi connectivity index (χ4n) is 3.87. The van der Waals surface area contributed by atoms with Gasteiger partial charge in [0.05, 0.1) is 0 Å². The average molecular weight is 595 g/mol. The molecule has 35 heavy (non-hydrogen) atoms. The second-order valence-electron chi connectivity index (χ2n) is 11.4. The minimum atomic E-state index is -1.14. The SMILES string of the molecule is CCCC[C](CCCC)(CCCC)[Sn][c]1cccc(N(C(=O)OC(C)(C)C)C(=O)OC(C)(C)C)n1.